The Balaban J connectivity index is 2.30. The first-order valence-electron chi connectivity index (χ1n) is 7.09. The van der Waals surface area contributed by atoms with E-state index in [9.17, 15) is 17.6 Å². The topological polar surface area (TPSA) is 99.1 Å². The lowest BCUT2D eigenvalue weighted by molar-refractivity contribution is 0.102. The molecule has 0 aliphatic rings. The SMILES string of the molecule is C=CCNS(=O)(=O)c1cc(C(=O)Nc2cccc(C#N)c2)ccc1F. The fourth-order valence-electron chi connectivity index (χ4n) is 1.97. The Morgan fingerprint density at radius 2 is 2.04 bits per heavy atom. The van der Waals surface area contributed by atoms with E-state index >= 15 is 0 Å². The van der Waals surface area contributed by atoms with Gasteiger partial charge in [0.1, 0.15) is 10.7 Å². The molecule has 0 bridgehead atoms. The Morgan fingerprint density at radius 3 is 2.72 bits per heavy atom. The molecule has 8 heteroatoms. The van der Waals surface area contributed by atoms with Gasteiger partial charge in [0.25, 0.3) is 5.91 Å². The number of nitrogens with zero attached hydrogens (tertiary/aromatic N) is 1. The van der Waals surface area contributed by atoms with Gasteiger partial charge in [-0.05, 0) is 36.4 Å². The van der Waals surface area contributed by atoms with Gasteiger partial charge in [-0.3, -0.25) is 4.79 Å². The van der Waals surface area contributed by atoms with Gasteiger partial charge < -0.3 is 5.32 Å². The average molecular weight is 359 g/mol. The minimum absolute atomic E-state index is 0.0391. The molecule has 0 atom stereocenters. The quantitative estimate of drug-likeness (QED) is 0.774. The van der Waals surface area contributed by atoms with Gasteiger partial charge in [-0.2, -0.15) is 5.26 Å². The van der Waals surface area contributed by atoms with Crippen LogP contribution in [0.1, 0.15) is 15.9 Å². The fourth-order valence-corrected chi connectivity index (χ4v) is 3.07. The third-order valence-corrected chi connectivity index (χ3v) is 4.59. The van der Waals surface area contributed by atoms with Crippen molar-refractivity contribution in [1.82, 2.24) is 4.72 Å². The highest BCUT2D eigenvalue weighted by atomic mass is 32.2. The maximum atomic E-state index is 13.9. The van der Waals surface area contributed by atoms with Crippen LogP contribution in [0.2, 0.25) is 0 Å². The molecule has 1 amide bonds. The third kappa shape index (κ3) is 4.50. The molecule has 0 unspecified atom stereocenters. The Morgan fingerprint density at radius 1 is 1.28 bits per heavy atom. The molecule has 0 aliphatic carbocycles. The van der Waals surface area contributed by atoms with Crippen molar-refractivity contribution >= 4 is 21.6 Å². The number of nitriles is 1. The van der Waals surface area contributed by atoms with Crippen molar-refractivity contribution in [3.05, 3.63) is 72.1 Å². The van der Waals surface area contributed by atoms with Gasteiger partial charge in [-0.25, -0.2) is 17.5 Å². The summed E-state index contributed by atoms with van der Waals surface area (Å²) in [5.74, 6) is -1.60. The van der Waals surface area contributed by atoms with Crippen molar-refractivity contribution in [2.75, 3.05) is 11.9 Å². The zero-order chi connectivity index (χ0) is 18.4. The van der Waals surface area contributed by atoms with Crippen molar-refractivity contribution in [2.45, 2.75) is 4.90 Å². The second-order valence-corrected chi connectivity index (χ2v) is 6.67. The van der Waals surface area contributed by atoms with Crippen LogP contribution in [0.3, 0.4) is 0 Å². The van der Waals surface area contributed by atoms with Crippen LogP contribution in [0.4, 0.5) is 10.1 Å². The Kier molecular flexibility index (Phi) is 5.64. The molecule has 0 aromatic heterocycles. The normalized spacial score (nSPS) is 10.7. The number of rotatable bonds is 6. The van der Waals surface area contributed by atoms with E-state index in [1.807, 2.05) is 6.07 Å². The van der Waals surface area contributed by atoms with Crippen LogP contribution in [0.15, 0.2) is 60.0 Å². The summed E-state index contributed by atoms with van der Waals surface area (Å²) in [5.41, 5.74) is 0.680. The molecule has 0 spiro atoms. The van der Waals surface area contributed by atoms with E-state index < -0.39 is 26.6 Å². The minimum Gasteiger partial charge on any atom is -0.322 e. The summed E-state index contributed by atoms with van der Waals surface area (Å²) in [6, 6.07) is 11.2. The van der Waals surface area contributed by atoms with Gasteiger partial charge in [0.2, 0.25) is 10.0 Å². The van der Waals surface area contributed by atoms with Gasteiger partial charge in [0, 0.05) is 17.8 Å². The molecule has 128 valence electrons. The van der Waals surface area contributed by atoms with Gasteiger partial charge >= 0.3 is 0 Å². The second-order valence-electron chi connectivity index (χ2n) is 4.93. The number of sulfonamides is 1. The van der Waals surface area contributed by atoms with Crippen LogP contribution < -0.4 is 10.0 Å². The maximum Gasteiger partial charge on any atom is 0.255 e. The number of carbonyl (C=O) groups excluding carboxylic acids is 1. The largest absolute Gasteiger partial charge is 0.322 e. The molecular formula is C17H14FN3O3S. The lowest BCUT2D eigenvalue weighted by Crippen LogP contribution is -2.25. The molecule has 6 nitrogen and oxygen atoms in total. The zero-order valence-electron chi connectivity index (χ0n) is 13.0. The Bertz CT molecular complexity index is 965. The summed E-state index contributed by atoms with van der Waals surface area (Å²) in [5, 5.41) is 11.4. The molecule has 0 heterocycles. The van der Waals surface area contributed by atoms with Crippen LogP contribution in [0, 0.1) is 17.1 Å². The number of benzene rings is 2. The van der Waals surface area contributed by atoms with Crippen LogP contribution in [0.25, 0.3) is 0 Å². The number of hydrogen-bond donors (Lipinski definition) is 2. The van der Waals surface area contributed by atoms with Gasteiger partial charge in [0.05, 0.1) is 11.6 Å². The van der Waals surface area contributed by atoms with Crippen LogP contribution in [-0.4, -0.2) is 20.9 Å². The van der Waals surface area contributed by atoms with Crippen LogP contribution in [-0.2, 0) is 10.0 Å². The lowest BCUT2D eigenvalue weighted by Gasteiger charge is -2.09. The molecular weight excluding hydrogens is 345 g/mol. The Hall–Kier alpha value is -3.02. The van der Waals surface area contributed by atoms with Crippen molar-refractivity contribution in [1.29, 1.82) is 5.26 Å². The van der Waals surface area contributed by atoms with E-state index in [-0.39, 0.29) is 12.1 Å². The molecule has 25 heavy (non-hydrogen) atoms. The predicted molar refractivity (Wildman–Crippen MR) is 90.9 cm³/mol. The van der Waals surface area contributed by atoms with E-state index in [1.165, 1.54) is 18.2 Å². The van der Waals surface area contributed by atoms with E-state index in [0.29, 0.717) is 11.3 Å². The minimum atomic E-state index is -4.11. The number of amides is 1. The van der Waals surface area contributed by atoms with Crippen molar-refractivity contribution < 1.29 is 17.6 Å². The monoisotopic (exact) mass is 359 g/mol. The van der Waals surface area contributed by atoms with Crippen molar-refractivity contribution in [2.24, 2.45) is 0 Å². The molecule has 0 fully saturated rings. The van der Waals surface area contributed by atoms with E-state index in [1.54, 1.807) is 18.2 Å². The molecule has 2 aromatic carbocycles. The molecule has 2 aromatic rings. The Labute approximate surface area is 144 Å². The van der Waals surface area contributed by atoms with Gasteiger partial charge in [-0.15, -0.1) is 6.58 Å². The summed E-state index contributed by atoms with van der Waals surface area (Å²) < 4.78 is 40.1. The number of anilines is 1. The number of carbonyl (C=O) groups is 1. The maximum absolute atomic E-state index is 13.9. The first kappa shape index (κ1) is 18.3. The summed E-state index contributed by atoms with van der Waals surface area (Å²) in [6.07, 6.45) is 1.31. The second kappa shape index (κ2) is 7.70. The van der Waals surface area contributed by atoms with Crippen molar-refractivity contribution in [3.63, 3.8) is 0 Å². The summed E-state index contributed by atoms with van der Waals surface area (Å²) in [7, 11) is -4.11. The fraction of sp³-hybridized carbons (Fsp3) is 0.0588. The van der Waals surface area contributed by atoms with E-state index in [4.69, 9.17) is 5.26 Å². The predicted octanol–water partition coefficient (Wildman–Crippen LogP) is 2.41. The number of hydrogen-bond acceptors (Lipinski definition) is 4. The zero-order valence-corrected chi connectivity index (χ0v) is 13.8. The number of halogens is 1. The standard InChI is InChI=1S/C17H14FN3O3S/c1-2-8-20-25(23,24)16-10-13(6-7-15(16)18)17(22)21-14-5-3-4-12(9-14)11-19/h2-7,9-10,20H,1,8H2,(H,21,22). The van der Waals surface area contributed by atoms with Gasteiger partial charge in [-0.1, -0.05) is 12.1 Å². The van der Waals surface area contributed by atoms with Crippen LogP contribution >= 0.6 is 0 Å². The highest BCUT2D eigenvalue weighted by molar-refractivity contribution is 7.89. The van der Waals surface area contributed by atoms with Gasteiger partial charge in [0.15, 0.2) is 0 Å². The molecule has 2 rings (SSSR count). The first-order chi connectivity index (χ1) is 11.9. The van der Waals surface area contributed by atoms with Crippen LogP contribution in [0.5, 0.6) is 0 Å². The summed E-state index contributed by atoms with van der Waals surface area (Å²) in [6.45, 7) is 3.31. The van der Waals surface area contributed by atoms with Crippen molar-refractivity contribution in [3.8, 4) is 6.07 Å². The molecule has 0 saturated carbocycles. The smallest absolute Gasteiger partial charge is 0.255 e. The molecule has 0 saturated heterocycles. The summed E-state index contributed by atoms with van der Waals surface area (Å²) >= 11 is 0. The lowest BCUT2D eigenvalue weighted by atomic mass is 10.2. The van der Waals surface area contributed by atoms with E-state index in [0.717, 1.165) is 12.1 Å². The molecule has 0 radical (unpaired) electrons. The number of nitrogens with one attached hydrogen (secondary N) is 2. The molecule has 0 aliphatic heterocycles. The van der Waals surface area contributed by atoms with E-state index in [2.05, 4.69) is 16.6 Å². The molecule has 2 N–H and O–H groups in total. The third-order valence-electron chi connectivity index (χ3n) is 3.15. The average Bonchev–Trinajstić information content (AvgIpc) is 2.60. The highest BCUT2D eigenvalue weighted by Crippen LogP contribution is 2.18. The highest BCUT2D eigenvalue weighted by Gasteiger charge is 2.20. The summed E-state index contributed by atoms with van der Waals surface area (Å²) in [4.78, 5) is 11.6. The first-order valence-corrected chi connectivity index (χ1v) is 8.57.